The number of nitrogens with one attached hydrogen (secondary N) is 2. The van der Waals surface area contributed by atoms with Crippen LogP contribution in [0.15, 0.2) is 29.6 Å². The lowest BCUT2D eigenvalue weighted by atomic mass is 9.92. The number of nitrogens with zero attached hydrogens (tertiary/aromatic N) is 2. The van der Waals surface area contributed by atoms with Gasteiger partial charge in [0.2, 0.25) is 5.91 Å². The van der Waals surface area contributed by atoms with E-state index in [0.29, 0.717) is 9.90 Å². The molecule has 1 aliphatic heterocycles. The summed E-state index contributed by atoms with van der Waals surface area (Å²) >= 11 is 1.13. The second-order valence-corrected chi connectivity index (χ2v) is 6.81. The maximum atomic E-state index is 13.5. The minimum absolute atomic E-state index is 0.0488. The maximum Gasteiger partial charge on any atom is 0.325 e. The molecule has 1 aromatic carbocycles. The standard InChI is InChI=1S/C17H12F2N4O3S/c1-17(10-2-3-11(18)12(19)6-10)15(25)23(16(26)22-17)8-13(24)21-14-9(7-20)4-5-27-14/h2-6H,8H2,1H3,(H,21,24)(H,22,26)/t17-/m1/s1. The molecule has 0 saturated carbocycles. The van der Waals surface area contributed by atoms with Crippen molar-refractivity contribution in [2.45, 2.75) is 12.5 Å². The van der Waals surface area contributed by atoms with Gasteiger partial charge in [0.05, 0.1) is 5.56 Å². The van der Waals surface area contributed by atoms with Gasteiger partial charge in [-0.1, -0.05) is 6.07 Å². The zero-order valence-electron chi connectivity index (χ0n) is 13.9. The number of thiophene rings is 1. The summed E-state index contributed by atoms with van der Waals surface area (Å²) in [6.07, 6.45) is 0. The van der Waals surface area contributed by atoms with Crippen molar-refractivity contribution in [1.29, 1.82) is 5.26 Å². The van der Waals surface area contributed by atoms with Crippen molar-refractivity contribution in [2.24, 2.45) is 0 Å². The Morgan fingerprint density at radius 1 is 1.33 bits per heavy atom. The number of urea groups is 1. The van der Waals surface area contributed by atoms with Crippen molar-refractivity contribution >= 4 is 34.2 Å². The van der Waals surface area contributed by atoms with Crippen molar-refractivity contribution in [3.8, 4) is 6.07 Å². The number of hydrogen-bond donors (Lipinski definition) is 2. The van der Waals surface area contributed by atoms with E-state index in [0.717, 1.165) is 23.5 Å². The summed E-state index contributed by atoms with van der Waals surface area (Å²) in [7, 11) is 0. The Kier molecular flexibility index (Phi) is 4.63. The number of rotatable bonds is 4. The van der Waals surface area contributed by atoms with Gasteiger partial charge in [0, 0.05) is 0 Å². The van der Waals surface area contributed by atoms with Crippen molar-refractivity contribution in [2.75, 3.05) is 11.9 Å². The monoisotopic (exact) mass is 390 g/mol. The highest BCUT2D eigenvalue weighted by Gasteiger charge is 2.49. The van der Waals surface area contributed by atoms with Crippen LogP contribution in [0.4, 0.5) is 18.6 Å². The summed E-state index contributed by atoms with van der Waals surface area (Å²) in [4.78, 5) is 37.7. The van der Waals surface area contributed by atoms with E-state index in [-0.39, 0.29) is 11.1 Å². The van der Waals surface area contributed by atoms with Gasteiger partial charge >= 0.3 is 6.03 Å². The van der Waals surface area contributed by atoms with Crippen LogP contribution in [0.3, 0.4) is 0 Å². The van der Waals surface area contributed by atoms with Crippen LogP contribution >= 0.6 is 11.3 Å². The summed E-state index contributed by atoms with van der Waals surface area (Å²) < 4.78 is 26.7. The van der Waals surface area contributed by atoms with Gasteiger partial charge in [0.1, 0.15) is 23.2 Å². The Morgan fingerprint density at radius 3 is 2.74 bits per heavy atom. The van der Waals surface area contributed by atoms with Gasteiger partial charge in [0.25, 0.3) is 5.91 Å². The number of anilines is 1. The zero-order chi connectivity index (χ0) is 19.8. The Hall–Kier alpha value is -3.32. The Morgan fingerprint density at radius 2 is 2.07 bits per heavy atom. The van der Waals surface area contributed by atoms with Crippen molar-refractivity contribution in [3.05, 3.63) is 52.4 Å². The molecule has 1 saturated heterocycles. The van der Waals surface area contributed by atoms with Crippen LogP contribution in [0, 0.1) is 23.0 Å². The van der Waals surface area contributed by atoms with Gasteiger partial charge in [0.15, 0.2) is 11.6 Å². The Labute approximate surface area is 156 Å². The van der Waals surface area contributed by atoms with Crippen LogP contribution in [0.5, 0.6) is 0 Å². The predicted octanol–water partition coefficient (Wildman–Crippen LogP) is 2.30. The lowest BCUT2D eigenvalue weighted by Gasteiger charge is -2.22. The fourth-order valence-electron chi connectivity index (χ4n) is 2.65. The average Bonchev–Trinajstić information content (AvgIpc) is 3.15. The fraction of sp³-hybridized carbons (Fsp3) is 0.176. The first-order valence-corrected chi connectivity index (χ1v) is 8.51. The highest BCUT2D eigenvalue weighted by Crippen LogP contribution is 2.30. The second kappa shape index (κ2) is 6.77. The van der Waals surface area contributed by atoms with Crippen LogP contribution < -0.4 is 10.6 Å². The number of imide groups is 1. The van der Waals surface area contributed by atoms with Gasteiger partial charge in [-0.05, 0) is 36.1 Å². The van der Waals surface area contributed by atoms with Gasteiger partial charge in [-0.25, -0.2) is 13.6 Å². The van der Waals surface area contributed by atoms with E-state index in [1.807, 2.05) is 6.07 Å². The van der Waals surface area contributed by atoms with Crippen LogP contribution in [0.1, 0.15) is 18.1 Å². The Balaban J connectivity index is 1.78. The molecule has 138 valence electrons. The van der Waals surface area contributed by atoms with Crippen LogP contribution in [-0.4, -0.2) is 29.3 Å². The molecule has 0 aliphatic carbocycles. The van der Waals surface area contributed by atoms with Gasteiger partial charge in [-0.3, -0.25) is 14.5 Å². The molecule has 1 aliphatic rings. The minimum atomic E-state index is -1.63. The third-order valence-corrected chi connectivity index (χ3v) is 4.94. The number of nitriles is 1. The number of hydrogen-bond acceptors (Lipinski definition) is 5. The molecule has 10 heteroatoms. The first-order chi connectivity index (χ1) is 12.8. The predicted molar refractivity (Wildman–Crippen MR) is 91.6 cm³/mol. The van der Waals surface area contributed by atoms with Gasteiger partial charge in [-0.2, -0.15) is 5.26 Å². The van der Waals surface area contributed by atoms with E-state index in [4.69, 9.17) is 5.26 Å². The SMILES string of the molecule is C[C@]1(c2ccc(F)c(F)c2)NC(=O)N(CC(=O)Nc2sccc2C#N)C1=O. The molecule has 4 amide bonds. The van der Waals surface area contributed by atoms with E-state index in [9.17, 15) is 23.2 Å². The summed E-state index contributed by atoms with van der Waals surface area (Å²) in [5, 5.41) is 15.7. The molecule has 7 nitrogen and oxygen atoms in total. The topological polar surface area (TPSA) is 102 Å². The van der Waals surface area contributed by atoms with Crippen molar-refractivity contribution in [3.63, 3.8) is 0 Å². The molecule has 2 aromatic rings. The number of halogens is 2. The molecule has 27 heavy (non-hydrogen) atoms. The Bertz CT molecular complexity index is 1000. The fourth-order valence-corrected chi connectivity index (χ4v) is 3.40. The van der Waals surface area contributed by atoms with E-state index in [2.05, 4.69) is 10.6 Å². The number of amides is 4. The van der Waals surface area contributed by atoms with Crippen LogP contribution in [0.25, 0.3) is 0 Å². The van der Waals surface area contributed by atoms with Crippen molar-refractivity contribution < 1.29 is 23.2 Å². The number of carbonyl (C=O) groups is 3. The second-order valence-electron chi connectivity index (χ2n) is 5.90. The minimum Gasteiger partial charge on any atom is -0.319 e. The molecule has 0 radical (unpaired) electrons. The molecule has 3 rings (SSSR count). The molecule has 1 fully saturated rings. The van der Waals surface area contributed by atoms with E-state index in [1.54, 1.807) is 5.38 Å². The summed E-state index contributed by atoms with van der Waals surface area (Å²) in [6.45, 7) is 0.748. The average molecular weight is 390 g/mol. The normalized spacial score (nSPS) is 19.0. The largest absolute Gasteiger partial charge is 0.325 e. The third kappa shape index (κ3) is 3.24. The first kappa shape index (κ1) is 18.5. The summed E-state index contributed by atoms with van der Waals surface area (Å²) in [6, 6.07) is 5.45. The highest BCUT2D eigenvalue weighted by molar-refractivity contribution is 7.14. The highest BCUT2D eigenvalue weighted by atomic mass is 32.1. The first-order valence-electron chi connectivity index (χ1n) is 7.63. The summed E-state index contributed by atoms with van der Waals surface area (Å²) in [5.41, 5.74) is -1.32. The zero-order valence-corrected chi connectivity index (χ0v) is 14.7. The molecular formula is C17H12F2N4O3S. The maximum absolute atomic E-state index is 13.5. The smallest absolute Gasteiger partial charge is 0.319 e. The molecule has 0 unspecified atom stereocenters. The van der Waals surface area contributed by atoms with E-state index < -0.39 is 41.6 Å². The molecular weight excluding hydrogens is 378 g/mol. The molecule has 1 atom stereocenters. The van der Waals surface area contributed by atoms with E-state index in [1.165, 1.54) is 19.1 Å². The number of carbonyl (C=O) groups excluding carboxylic acids is 3. The van der Waals surface area contributed by atoms with E-state index >= 15 is 0 Å². The summed E-state index contributed by atoms with van der Waals surface area (Å²) in [5.74, 6) is -3.69. The lowest BCUT2D eigenvalue weighted by molar-refractivity contribution is -0.133. The quantitative estimate of drug-likeness (QED) is 0.782. The van der Waals surface area contributed by atoms with Crippen molar-refractivity contribution in [1.82, 2.24) is 10.2 Å². The molecule has 0 spiro atoms. The van der Waals surface area contributed by atoms with Crippen LogP contribution in [-0.2, 0) is 15.1 Å². The number of benzene rings is 1. The molecule has 1 aromatic heterocycles. The molecule has 2 heterocycles. The lowest BCUT2D eigenvalue weighted by Crippen LogP contribution is -2.42. The van der Waals surface area contributed by atoms with Crippen LogP contribution in [0.2, 0.25) is 0 Å². The van der Waals surface area contributed by atoms with Gasteiger partial charge in [-0.15, -0.1) is 11.3 Å². The molecule has 0 bridgehead atoms. The van der Waals surface area contributed by atoms with Gasteiger partial charge < -0.3 is 10.6 Å². The third-order valence-electron chi connectivity index (χ3n) is 4.11. The molecule has 2 N–H and O–H groups in total.